The van der Waals surface area contributed by atoms with E-state index in [0.29, 0.717) is 17.7 Å². The fourth-order valence-electron chi connectivity index (χ4n) is 2.42. The van der Waals surface area contributed by atoms with Crippen LogP contribution in [0.4, 0.5) is 11.4 Å². The van der Waals surface area contributed by atoms with E-state index in [4.69, 9.17) is 0 Å². The van der Waals surface area contributed by atoms with Gasteiger partial charge in [0, 0.05) is 23.5 Å². The van der Waals surface area contributed by atoms with Crippen molar-refractivity contribution in [2.24, 2.45) is 0 Å². The number of benzene rings is 2. The third-order valence-corrected chi connectivity index (χ3v) is 5.15. The molecular formula is C19H26ClN3O3S. The summed E-state index contributed by atoms with van der Waals surface area (Å²) in [6.07, 6.45) is 0.544. The summed E-state index contributed by atoms with van der Waals surface area (Å²) < 4.78 is 26.0. The average molecular weight is 412 g/mol. The molecule has 0 aliphatic rings. The largest absolute Gasteiger partial charge is 0.322 e. The van der Waals surface area contributed by atoms with Gasteiger partial charge in [-0.25, -0.2) is 8.42 Å². The molecular weight excluding hydrogens is 386 g/mol. The molecule has 0 saturated heterocycles. The molecule has 2 aromatic rings. The van der Waals surface area contributed by atoms with Gasteiger partial charge in [-0.2, -0.15) is 0 Å². The van der Waals surface area contributed by atoms with Gasteiger partial charge in [-0.05, 0) is 54.9 Å². The highest BCUT2D eigenvalue weighted by Crippen LogP contribution is 2.15. The van der Waals surface area contributed by atoms with Crippen LogP contribution >= 0.6 is 12.4 Å². The number of hydrogen-bond acceptors (Lipinski definition) is 4. The van der Waals surface area contributed by atoms with Gasteiger partial charge in [-0.3, -0.25) is 9.52 Å². The van der Waals surface area contributed by atoms with Crippen LogP contribution in [0, 0.1) is 0 Å². The van der Waals surface area contributed by atoms with E-state index in [1.54, 1.807) is 31.2 Å². The van der Waals surface area contributed by atoms with E-state index in [1.807, 2.05) is 31.2 Å². The molecule has 0 aliphatic heterocycles. The lowest BCUT2D eigenvalue weighted by atomic mass is 10.1. The Balaban J connectivity index is 0.00000364. The predicted octanol–water partition coefficient (Wildman–Crippen LogP) is 3.62. The zero-order chi connectivity index (χ0) is 19.0. The topological polar surface area (TPSA) is 87.3 Å². The lowest BCUT2D eigenvalue weighted by molar-refractivity contribution is 0.102. The van der Waals surface area contributed by atoms with E-state index >= 15 is 0 Å². The summed E-state index contributed by atoms with van der Waals surface area (Å²) >= 11 is 0. The summed E-state index contributed by atoms with van der Waals surface area (Å²) in [7, 11) is -3.34. The van der Waals surface area contributed by atoms with Crippen LogP contribution in [-0.4, -0.2) is 26.6 Å². The second-order valence-electron chi connectivity index (χ2n) is 5.93. The van der Waals surface area contributed by atoms with Gasteiger partial charge in [-0.15, -0.1) is 12.4 Å². The molecule has 6 nitrogen and oxygen atoms in total. The maximum absolute atomic E-state index is 12.4. The second-order valence-corrected chi connectivity index (χ2v) is 7.77. The van der Waals surface area contributed by atoms with Gasteiger partial charge in [0.05, 0.1) is 5.75 Å². The molecule has 0 atom stereocenters. The molecule has 1 amide bonds. The first-order chi connectivity index (χ1) is 12.4. The number of sulfonamides is 1. The van der Waals surface area contributed by atoms with Crippen LogP contribution in [0.1, 0.15) is 36.2 Å². The molecule has 148 valence electrons. The number of hydrogen-bond donors (Lipinski definition) is 3. The number of rotatable bonds is 9. The van der Waals surface area contributed by atoms with Crippen molar-refractivity contribution < 1.29 is 13.2 Å². The predicted molar refractivity (Wildman–Crippen MR) is 113 cm³/mol. The maximum Gasteiger partial charge on any atom is 0.255 e. The molecule has 0 unspecified atom stereocenters. The minimum absolute atomic E-state index is 0. The minimum atomic E-state index is -3.34. The van der Waals surface area contributed by atoms with Crippen LogP contribution in [0.5, 0.6) is 0 Å². The number of carbonyl (C=O) groups is 1. The normalized spacial score (nSPS) is 10.7. The molecule has 0 radical (unpaired) electrons. The Kier molecular flexibility index (Phi) is 9.28. The van der Waals surface area contributed by atoms with Crippen molar-refractivity contribution in [3.63, 3.8) is 0 Å². The van der Waals surface area contributed by atoms with Crippen LogP contribution in [0.3, 0.4) is 0 Å². The van der Waals surface area contributed by atoms with Crippen molar-refractivity contribution in [2.45, 2.75) is 26.8 Å². The summed E-state index contributed by atoms with van der Waals surface area (Å²) in [5.41, 5.74) is 2.71. The van der Waals surface area contributed by atoms with Crippen LogP contribution in [0.2, 0.25) is 0 Å². The Hall–Kier alpha value is -2.09. The first-order valence-electron chi connectivity index (χ1n) is 8.65. The number of carbonyl (C=O) groups excluding carboxylic acids is 1. The van der Waals surface area contributed by atoms with E-state index in [9.17, 15) is 13.2 Å². The monoisotopic (exact) mass is 411 g/mol. The van der Waals surface area contributed by atoms with Crippen LogP contribution in [0.15, 0.2) is 48.5 Å². The summed E-state index contributed by atoms with van der Waals surface area (Å²) in [6.45, 7) is 5.47. The molecule has 2 rings (SSSR count). The molecule has 8 heteroatoms. The zero-order valence-electron chi connectivity index (χ0n) is 15.5. The molecule has 0 fully saturated rings. The van der Waals surface area contributed by atoms with Crippen molar-refractivity contribution in [3.8, 4) is 0 Å². The fraction of sp³-hybridized carbons (Fsp3) is 0.316. The Bertz CT molecular complexity index is 840. The second kappa shape index (κ2) is 10.9. The van der Waals surface area contributed by atoms with Gasteiger partial charge < -0.3 is 10.6 Å². The molecule has 0 spiro atoms. The minimum Gasteiger partial charge on any atom is -0.322 e. The van der Waals surface area contributed by atoms with Crippen molar-refractivity contribution in [2.75, 3.05) is 22.3 Å². The standard InChI is InChI=1S/C19H25N3O3S.ClH/c1-3-12-26(24,25)22-17-10-8-16(9-11-17)19(23)21-18-7-5-6-15(13-18)14-20-4-2;/h5-11,13,20,22H,3-4,12,14H2,1-2H3,(H,21,23);1H. The first-order valence-corrected chi connectivity index (χ1v) is 10.3. The maximum atomic E-state index is 12.4. The van der Waals surface area contributed by atoms with Gasteiger partial charge in [-0.1, -0.05) is 26.0 Å². The molecule has 27 heavy (non-hydrogen) atoms. The molecule has 0 saturated carbocycles. The highest BCUT2D eigenvalue weighted by molar-refractivity contribution is 7.92. The number of anilines is 2. The third-order valence-electron chi connectivity index (χ3n) is 3.66. The van der Waals surface area contributed by atoms with Gasteiger partial charge >= 0.3 is 0 Å². The van der Waals surface area contributed by atoms with E-state index in [1.165, 1.54) is 0 Å². The quantitative estimate of drug-likeness (QED) is 0.588. The number of halogens is 1. The van der Waals surface area contributed by atoms with Gasteiger partial charge in [0.2, 0.25) is 10.0 Å². The first kappa shape index (κ1) is 23.0. The summed E-state index contributed by atoms with van der Waals surface area (Å²) in [4.78, 5) is 12.4. The zero-order valence-corrected chi connectivity index (χ0v) is 17.1. The number of amides is 1. The Labute approximate surface area is 167 Å². The van der Waals surface area contributed by atoms with Gasteiger partial charge in [0.15, 0.2) is 0 Å². The average Bonchev–Trinajstić information content (AvgIpc) is 2.60. The SMILES string of the molecule is CCCS(=O)(=O)Nc1ccc(C(=O)Nc2cccc(CNCC)c2)cc1.Cl. The van der Waals surface area contributed by atoms with E-state index in [-0.39, 0.29) is 24.1 Å². The summed E-state index contributed by atoms with van der Waals surface area (Å²) in [5.74, 6) is -0.174. The van der Waals surface area contributed by atoms with E-state index in [0.717, 1.165) is 24.3 Å². The van der Waals surface area contributed by atoms with Crippen molar-refractivity contribution in [1.82, 2.24) is 5.32 Å². The Morgan fingerprint density at radius 2 is 1.70 bits per heavy atom. The van der Waals surface area contributed by atoms with Crippen molar-refractivity contribution >= 4 is 39.7 Å². The van der Waals surface area contributed by atoms with E-state index < -0.39 is 10.0 Å². The van der Waals surface area contributed by atoms with Gasteiger partial charge in [0.25, 0.3) is 5.91 Å². The highest BCUT2D eigenvalue weighted by Gasteiger charge is 2.10. The lowest BCUT2D eigenvalue weighted by Gasteiger charge is -2.09. The van der Waals surface area contributed by atoms with Crippen molar-refractivity contribution in [1.29, 1.82) is 0 Å². The third kappa shape index (κ3) is 7.58. The number of nitrogens with one attached hydrogen (secondary N) is 3. The smallest absolute Gasteiger partial charge is 0.255 e. The molecule has 0 bridgehead atoms. The van der Waals surface area contributed by atoms with Crippen LogP contribution in [0.25, 0.3) is 0 Å². The molecule has 0 heterocycles. The van der Waals surface area contributed by atoms with Gasteiger partial charge in [0.1, 0.15) is 0 Å². The molecule has 0 aliphatic carbocycles. The lowest BCUT2D eigenvalue weighted by Crippen LogP contribution is -2.16. The highest BCUT2D eigenvalue weighted by atomic mass is 35.5. The summed E-state index contributed by atoms with van der Waals surface area (Å²) in [5, 5.41) is 6.10. The fourth-order valence-corrected chi connectivity index (χ4v) is 3.56. The summed E-state index contributed by atoms with van der Waals surface area (Å²) in [6, 6.07) is 14.0. The molecule has 0 aromatic heterocycles. The molecule has 2 aromatic carbocycles. The molecule has 3 N–H and O–H groups in total. The van der Waals surface area contributed by atoms with Crippen LogP contribution in [-0.2, 0) is 16.6 Å². The van der Waals surface area contributed by atoms with Crippen molar-refractivity contribution in [3.05, 3.63) is 59.7 Å². The Morgan fingerprint density at radius 3 is 2.33 bits per heavy atom. The van der Waals surface area contributed by atoms with E-state index in [2.05, 4.69) is 15.4 Å². The van der Waals surface area contributed by atoms with Crippen LogP contribution < -0.4 is 15.4 Å². The Morgan fingerprint density at radius 1 is 1.00 bits per heavy atom.